The SMILES string of the molecule is Cc1cc(C)c(-n2c(Cl)cn3c(CN4CCCC4Cc4ccccc4)c(C(F)(F)F)nc23)c(C)c1. The summed E-state index contributed by atoms with van der Waals surface area (Å²) in [6, 6.07) is 14.3. The van der Waals surface area contributed by atoms with E-state index >= 15 is 0 Å². The third kappa shape index (κ3) is 4.47. The molecule has 3 heterocycles. The topological polar surface area (TPSA) is 25.5 Å². The van der Waals surface area contributed by atoms with Gasteiger partial charge in [-0.05, 0) is 63.3 Å². The van der Waals surface area contributed by atoms with Crippen LogP contribution in [0.25, 0.3) is 11.5 Å². The molecule has 0 aliphatic carbocycles. The standard InChI is InChI=1S/C27H28ClF3N4/c1-17-12-18(2)24(19(3)13-17)35-23(28)16-34-22(25(27(29,30)31)32-26(34)35)15-33-11-7-10-21(33)14-20-8-5-4-6-9-20/h4-6,8-9,12-13,16,21H,7,10-11,14-15H2,1-3H3. The highest BCUT2D eigenvalue weighted by Gasteiger charge is 2.40. The molecule has 0 amide bonds. The Morgan fingerprint density at radius 1 is 1.06 bits per heavy atom. The van der Waals surface area contributed by atoms with Gasteiger partial charge in [0.2, 0.25) is 5.78 Å². The van der Waals surface area contributed by atoms with Crippen LogP contribution < -0.4 is 0 Å². The van der Waals surface area contributed by atoms with Crippen LogP contribution in [0.1, 0.15) is 46.5 Å². The number of alkyl halides is 3. The maximum absolute atomic E-state index is 14.2. The van der Waals surface area contributed by atoms with E-state index in [1.807, 2.05) is 51.1 Å². The predicted octanol–water partition coefficient (Wildman–Crippen LogP) is 6.93. The molecule has 0 N–H and O–H groups in total. The molecule has 1 fully saturated rings. The molecule has 0 bridgehead atoms. The fourth-order valence-corrected chi connectivity index (χ4v) is 5.79. The molecule has 0 saturated carbocycles. The highest BCUT2D eigenvalue weighted by molar-refractivity contribution is 6.30. The lowest BCUT2D eigenvalue weighted by atomic mass is 10.0. The number of hydrogen-bond acceptors (Lipinski definition) is 2. The first-order valence-corrected chi connectivity index (χ1v) is 12.2. The van der Waals surface area contributed by atoms with Crippen LogP contribution in [0.15, 0.2) is 48.7 Å². The Morgan fingerprint density at radius 2 is 1.74 bits per heavy atom. The van der Waals surface area contributed by atoms with Crippen molar-refractivity contribution in [2.45, 2.75) is 58.8 Å². The quantitative estimate of drug-likeness (QED) is 0.297. The van der Waals surface area contributed by atoms with Crippen LogP contribution in [0.3, 0.4) is 0 Å². The fourth-order valence-electron chi connectivity index (χ4n) is 5.53. The van der Waals surface area contributed by atoms with Gasteiger partial charge in [0.1, 0.15) is 5.15 Å². The van der Waals surface area contributed by atoms with Crippen molar-refractivity contribution in [3.63, 3.8) is 0 Å². The summed E-state index contributed by atoms with van der Waals surface area (Å²) in [6.07, 6.45) is -0.264. The van der Waals surface area contributed by atoms with E-state index in [2.05, 4.69) is 22.0 Å². The van der Waals surface area contributed by atoms with Gasteiger partial charge in [-0.15, -0.1) is 0 Å². The van der Waals surface area contributed by atoms with Gasteiger partial charge in [0, 0.05) is 18.8 Å². The highest BCUT2D eigenvalue weighted by atomic mass is 35.5. The summed E-state index contributed by atoms with van der Waals surface area (Å²) in [5.41, 5.74) is 4.20. The second-order valence-electron chi connectivity index (χ2n) is 9.57. The van der Waals surface area contributed by atoms with Crippen LogP contribution in [0.4, 0.5) is 13.2 Å². The molecule has 1 atom stereocenters. The molecule has 0 spiro atoms. The van der Waals surface area contributed by atoms with Gasteiger partial charge in [0.15, 0.2) is 5.69 Å². The van der Waals surface area contributed by atoms with E-state index in [1.165, 1.54) is 9.96 Å². The third-order valence-electron chi connectivity index (χ3n) is 6.93. The van der Waals surface area contributed by atoms with Gasteiger partial charge in [0.25, 0.3) is 0 Å². The highest BCUT2D eigenvalue weighted by Crippen LogP contribution is 2.37. The number of halogens is 4. The predicted molar refractivity (Wildman–Crippen MR) is 132 cm³/mol. The van der Waals surface area contributed by atoms with Crippen LogP contribution in [-0.2, 0) is 19.1 Å². The van der Waals surface area contributed by atoms with Gasteiger partial charge in [-0.2, -0.15) is 13.2 Å². The maximum atomic E-state index is 14.2. The minimum Gasteiger partial charge on any atom is -0.294 e. The van der Waals surface area contributed by atoms with Crippen LogP contribution in [0.2, 0.25) is 5.15 Å². The van der Waals surface area contributed by atoms with Gasteiger partial charge in [-0.3, -0.25) is 13.9 Å². The molecular formula is C27H28ClF3N4. The van der Waals surface area contributed by atoms with Crippen molar-refractivity contribution in [1.82, 2.24) is 18.9 Å². The summed E-state index contributed by atoms with van der Waals surface area (Å²) < 4.78 is 45.7. The monoisotopic (exact) mass is 500 g/mol. The Hall–Kier alpha value is -2.77. The van der Waals surface area contributed by atoms with Crippen molar-refractivity contribution in [1.29, 1.82) is 0 Å². The molecule has 1 aliphatic rings. The first-order chi connectivity index (χ1) is 16.6. The van der Waals surface area contributed by atoms with Crippen molar-refractivity contribution in [2.75, 3.05) is 6.54 Å². The number of aromatic nitrogens is 3. The minimum absolute atomic E-state index is 0.135. The second-order valence-corrected chi connectivity index (χ2v) is 9.95. The summed E-state index contributed by atoms with van der Waals surface area (Å²) in [4.78, 5) is 6.28. The Kier molecular flexibility index (Phi) is 6.18. The zero-order valence-electron chi connectivity index (χ0n) is 20.0. The molecule has 35 heavy (non-hydrogen) atoms. The Balaban J connectivity index is 1.59. The maximum Gasteiger partial charge on any atom is 0.435 e. The molecule has 2 aromatic carbocycles. The summed E-state index contributed by atoms with van der Waals surface area (Å²) in [6.45, 7) is 6.80. The molecule has 2 aromatic heterocycles. The number of benzene rings is 2. The Bertz CT molecular complexity index is 1350. The molecule has 0 radical (unpaired) electrons. The second kappa shape index (κ2) is 9.03. The number of hydrogen-bond donors (Lipinski definition) is 0. The summed E-state index contributed by atoms with van der Waals surface area (Å²) in [5, 5.41) is 0.333. The number of fused-ring (bicyclic) bond motifs is 1. The number of aryl methyl sites for hydroxylation is 3. The van der Waals surface area contributed by atoms with Crippen LogP contribution in [-0.4, -0.2) is 31.4 Å². The minimum atomic E-state index is -4.56. The van der Waals surface area contributed by atoms with Crippen LogP contribution >= 0.6 is 11.6 Å². The number of imidazole rings is 2. The molecule has 184 valence electrons. The smallest absolute Gasteiger partial charge is 0.294 e. The van der Waals surface area contributed by atoms with E-state index in [-0.39, 0.29) is 24.1 Å². The molecule has 4 nitrogen and oxygen atoms in total. The fraction of sp³-hybridized carbons (Fsp3) is 0.370. The zero-order valence-corrected chi connectivity index (χ0v) is 20.8. The number of rotatable bonds is 5. The summed E-state index contributed by atoms with van der Waals surface area (Å²) in [7, 11) is 0. The number of nitrogens with zero attached hydrogens (tertiary/aromatic N) is 4. The molecular weight excluding hydrogens is 473 g/mol. The van der Waals surface area contributed by atoms with Gasteiger partial charge in [0.05, 0.1) is 11.4 Å². The average Bonchev–Trinajstić information content (AvgIpc) is 3.44. The van der Waals surface area contributed by atoms with Gasteiger partial charge < -0.3 is 0 Å². The van der Waals surface area contributed by atoms with Crippen molar-refractivity contribution in [3.8, 4) is 5.69 Å². The van der Waals surface area contributed by atoms with E-state index in [0.717, 1.165) is 48.2 Å². The largest absolute Gasteiger partial charge is 0.435 e. The van der Waals surface area contributed by atoms with Crippen LogP contribution in [0.5, 0.6) is 0 Å². The lowest BCUT2D eigenvalue weighted by Gasteiger charge is -2.25. The Morgan fingerprint density at radius 3 is 2.40 bits per heavy atom. The summed E-state index contributed by atoms with van der Waals surface area (Å²) in [5.74, 6) is 0.186. The van der Waals surface area contributed by atoms with Crippen molar-refractivity contribution < 1.29 is 13.2 Å². The van der Waals surface area contributed by atoms with E-state index in [1.54, 1.807) is 10.8 Å². The average molecular weight is 501 g/mol. The first-order valence-electron chi connectivity index (χ1n) is 11.8. The normalized spacial score (nSPS) is 17.1. The molecule has 4 aromatic rings. The lowest BCUT2D eigenvalue weighted by Crippen LogP contribution is -2.32. The molecule has 8 heteroatoms. The van der Waals surface area contributed by atoms with E-state index < -0.39 is 11.9 Å². The summed E-state index contributed by atoms with van der Waals surface area (Å²) >= 11 is 6.63. The first kappa shape index (κ1) is 23.9. The van der Waals surface area contributed by atoms with Gasteiger partial charge in [-0.1, -0.05) is 59.6 Å². The third-order valence-corrected chi connectivity index (χ3v) is 7.20. The van der Waals surface area contributed by atoms with E-state index in [9.17, 15) is 13.2 Å². The molecule has 5 rings (SSSR count). The zero-order chi connectivity index (χ0) is 24.9. The van der Waals surface area contributed by atoms with E-state index in [0.29, 0.717) is 5.15 Å². The van der Waals surface area contributed by atoms with Crippen molar-refractivity contribution >= 4 is 17.4 Å². The number of likely N-dealkylation sites (tertiary alicyclic amines) is 1. The lowest BCUT2D eigenvalue weighted by molar-refractivity contribution is -0.141. The molecule has 1 aliphatic heterocycles. The Labute approximate surface area is 208 Å². The molecule has 1 saturated heterocycles. The van der Waals surface area contributed by atoms with Crippen molar-refractivity contribution in [2.24, 2.45) is 0 Å². The molecule has 1 unspecified atom stereocenters. The van der Waals surface area contributed by atoms with E-state index in [4.69, 9.17) is 11.6 Å². The van der Waals surface area contributed by atoms with Gasteiger partial charge in [-0.25, -0.2) is 4.98 Å². The van der Waals surface area contributed by atoms with Crippen molar-refractivity contribution in [3.05, 3.63) is 87.5 Å². The van der Waals surface area contributed by atoms with Gasteiger partial charge >= 0.3 is 6.18 Å². The van der Waals surface area contributed by atoms with Crippen LogP contribution in [0, 0.1) is 20.8 Å².